The number of anilines is 2. The van der Waals surface area contributed by atoms with Crippen molar-refractivity contribution in [3.05, 3.63) is 99.0 Å². The first-order valence-corrected chi connectivity index (χ1v) is 13.1. The molecule has 6 nitrogen and oxygen atoms in total. The number of aromatic hydroxyl groups is 1. The lowest BCUT2D eigenvalue weighted by Gasteiger charge is -2.44. The molecular weight excluding hydrogens is 550 g/mol. The van der Waals surface area contributed by atoms with Crippen molar-refractivity contribution >= 4 is 61.8 Å². The number of aliphatic imine (C=N–C) groups is 1. The first-order chi connectivity index (χ1) is 18.0. The van der Waals surface area contributed by atoms with Crippen LogP contribution in [0.1, 0.15) is 16.7 Å². The van der Waals surface area contributed by atoms with E-state index in [0.29, 0.717) is 22.1 Å². The number of rotatable bonds is 3. The highest BCUT2D eigenvalue weighted by molar-refractivity contribution is 9.10. The Morgan fingerprint density at radius 1 is 0.919 bits per heavy atom. The van der Waals surface area contributed by atoms with Gasteiger partial charge in [-0.15, -0.1) is 0 Å². The molecule has 0 saturated carbocycles. The fourth-order valence-electron chi connectivity index (χ4n) is 5.21. The molecule has 0 saturated heterocycles. The van der Waals surface area contributed by atoms with Crippen LogP contribution in [0.5, 0.6) is 5.75 Å². The number of halogens is 2. The predicted molar refractivity (Wildman–Crippen MR) is 153 cm³/mol. The van der Waals surface area contributed by atoms with Gasteiger partial charge in [-0.05, 0) is 77.4 Å². The molecule has 7 rings (SSSR count). The molecule has 8 heteroatoms. The fourth-order valence-corrected chi connectivity index (χ4v) is 5.78. The molecule has 0 spiro atoms. The molecule has 4 aromatic carbocycles. The SMILES string of the molecule is Oc1cc(/N=C/c2ccc3c(c2)CN2CN3Cc3cc(Br)ccc32)ccc1-c1nc2cc(Cl)ccc2[nH]1. The maximum absolute atomic E-state index is 10.7. The molecule has 2 bridgehead atoms. The van der Waals surface area contributed by atoms with Crippen molar-refractivity contribution in [2.45, 2.75) is 13.1 Å². The van der Waals surface area contributed by atoms with Gasteiger partial charge in [0.25, 0.3) is 0 Å². The monoisotopic (exact) mass is 569 g/mol. The van der Waals surface area contributed by atoms with Crippen LogP contribution in [0.2, 0.25) is 5.02 Å². The molecule has 0 radical (unpaired) electrons. The zero-order valence-electron chi connectivity index (χ0n) is 19.6. The summed E-state index contributed by atoms with van der Waals surface area (Å²) in [5, 5.41) is 11.3. The lowest BCUT2D eigenvalue weighted by molar-refractivity contribution is 0.477. The Bertz CT molecular complexity index is 1730. The quantitative estimate of drug-likeness (QED) is 0.222. The maximum atomic E-state index is 10.7. The van der Waals surface area contributed by atoms with E-state index in [2.05, 4.69) is 77.1 Å². The molecule has 0 aliphatic carbocycles. The Hall–Kier alpha value is -3.81. The summed E-state index contributed by atoms with van der Waals surface area (Å²) < 4.78 is 1.11. The van der Waals surface area contributed by atoms with E-state index in [1.54, 1.807) is 12.1 Å². The number of H-pyrrole nitrogens is 1. The summed E-state index contributed by atoms with van der Waals surface area (Å²) in [6.45, 7) is 2.66. The van der Waals surface area contributed by atoms with E-state index in [4.69, 9.17) is 11.6 Å². The van der Waals surface area contributed by atoms with E-state index < -0.39 is 0 Å². The highest BCUT2D eigenvalue weighted by atomic mass is 79.9. The molecule has 1 aromatic heterocycles. The number of nitrogens with one attached hydrogen (secondary N) is 1. The zero-order valence-corrected chi connectivity index (χ0v) is 22.0. The number of phenolic OH excluding ortho intramolecular Hbond substituents is 1. The summed E-state index contributed by atoms with van der Waals surface area (Å²) >= 11 is 9.68. The van der Waals surface area contributed by atoms with Gasteiger partial charge >= 0.3 is 0 Å². The molecule has 2 N–H and O–H groups in total. The van der Waals surface area contributed by atoms with Gasteiger partial charge in [0.2, 0.25) is 0 Å². The number of phenols is 1. The molecule has 182 valence electrons. The predicted octanol–water partition coefficient (Wildman–Crippen LogP) is 7.40. The smallest absolute Gasteiger partial charge is 0.142 e. The minimum atomic E-state index is 0.115. The number of imidazole rings is 1. The van der Waals surface area contributed by atoms with Crippen molar-refractivity contribution in [2.75, 3.05) is 16.5 Å². The third kappa shape index (κ3) is 4.04. The molecular formula is C29H21BrClN5O. The van der Waals surface area contributed by atoms with Crippen LogP contribution in [0, 0.1) is 0 Å². The topological polar surface area (TPSA) is 67.8 Å². The molecule has 5 aromatic rings. The van der Waals surface area contributed by atoms with E-state index in [1.165, 1.54) is 22.5 Å². The average molecular weight is 571 g/mol. The Morgan fingerprint density at radius 3 is 2.51 bits per heavy atom. The standard InChI is InChI=1S/C29H21BrClN5O/c30-20-2-8-27-19(10-20)15-36-16-35(27)14-18-9-17(1-7-26(18)36)13-32-22-4-5-23(28(37)12-22)29-33-24-6-3-21(31)11-25(24)34-29/h1-13,37H,14-16H2,(H,33,34)/b32-13+. The number of fused-ring (bicyclic) bond motifs is 7. The second-order valence-corrected chi connectivity index (χ2v) is 10.8. The Kier molecular flexibility index (Phi) is 5.23. The summed E-state index contributed by atoms with van der Waals surface area (Å²) in [5.41, 5.74) is 9.11. The van der Waals surface area contributed by atoms with Crippen molar-refractivity contribution in [1.29, 1.82) is 0 Å². The minimum Gasteiger partial charge on any atom is -0.507 e. The van der Waals surface area contributed by atoms with Crippen LogP contribution in [0.3, 0.4) is 0 Å². The lowest BCUT2D eigenvalue weighted by atomic mass is 10.0. The van der Waals surface area contributed by atoms with Crippen molar-refractivity contribution < 1.29 is 5.11 Å². The lowest BCUT2D eigenvalue weighted by Crippen LogP contribution is -2.46. The van der Waals surface area contributed by atoms with Gasteiger partial charge < -0.3 is 19.9 Å². The van der Waals surface area contributed by atoms with E-state index in [-0.39, 0.29) is 5.75 Å². The first-order valence-electron chi connectivity index (χ1n) is 11.9. The largest absolute Gasteiger partial charge is 0.507 e. The maximum Gasteiger partial charge on any atom is 0.142 e. The van der Waals surface area contributed by atoms with Crippen molar-refractivity contribution in [1.82, 2.24) is 9.97 Å². The highest BCUT2D eigenvalue weighted by Gasteiger charge is 2.29. The second-order valence-electron chi connectivity index (χ2n) is 9.41. The number of benzene rings is 4. The Morgan fingerprint density at radius 2 is 1.70 bits per heavy atom. The third-order valence-corrected chi connectivity index (χ3v) is 7.66. The van der Waals surface area contributed by atoms with Gasteiger partial charge in [-0.25, -0.2) is 4.98 Å². The van der Waals surface area contributed by atoms with Crippen LogP contribution in [0.4, 0.5) is 17.1 Å². The molecule has 3 heterocycles. The molecule has 0 fully saturated rings. The molecule has 0 unspecified atom stereocenters. The number of hydrogen-bond donors (Lipinski definition) is 2. The van der Waals surface area contributed by atoms with Gasteiger partial charge in [0.05, 0.1) is 29.0 Å². The van der Waals surface area contributed by atoms with Gasteiger partial charge in [-0.1, -0.05) is 33.6 Å². The van der Waals surface area contributed by atoms with E-state index in [0.717, 1.165) is 40.8 Å². The summed E-state index contributed by atoms with van der Waals surface area (Å²) in [4.78, 5) is 17.3. The number of nitrogens with zero attached hydrogens (tertiary/aromatic N) is 4. The van der Waals surface area contributed by atoms with Gasteiger partial charge in [0.15, 0.2) is 0 Å². The summed E-state index contributed by atoms with van der Waals surface area (Å²) in [7, 11) is 0. The molecule has 2 aliphatic rings. The van der Waals surface area contributed by atoms with Crippen LogP contribution in [0.25, 0.3) is 22.4 Å². The van der Waals surface area contributed by atoms with Crippen molar-refractivity contribution in [2.24, 2.45) is 4.99 Å². The van der Waals surface area contributed by atoms with Crippen molar-refractivity contribution in [3.63, 3.8) is 0 Å². The normalized spacial score (nSPS) is 14.3. The van der Waals surface area contributed by atoms with Crippen molar-refractivity contribution in [3.8, 4) is 17.1 Å². The van der Waals surface area contributed by atoms with Gasteiger partial charge in [0.1, 0.15) is 11.6 Å². The van der Waals surface area contributed by atoms with Crippen LogP contribution in [-0.4, -0.2) is 28.0 Å². The van der Waals surface area contributed by atoms with Crippen LogP contribution >= 0.6 is 27.5 Å². The van der Waals surface area contributed by atoms with Gasteiger partial charge in [-0.2, -0.15) is 0 Å². The summed E-state index contributed by atoms with van der Waals surface area (Å²) in [6.07, 6.45) is 1.85. The van der Waals surface area contributed by atoms with Gasteiger partial charge in [0, 0.05) is 46.2 Å². The second kappa shape index (κ2) is 8.64. The Balaban J connectivity index is 1.13. The third-order valence-electron chi connectivity index (χ3n) is 6.93. The first kappa shape index (κ1) is 22.4. The summed E-state index contributed by atoms with van der Waals surface area (Å²) in [6, 6.07) is 23.8. The van der Waals surface area contributed by atoms with Gasteiger partial charge in [-0.3, -0.25) is 4.99 Å². The average Bonchev–Trinajstić information content (AvgIpc) is 3.30. The Labute approximate surface area is 227 Å². The van der Waals surface area contributed by atoms with Crippen LogP contribution in [0.15, 0.2) is 82.3 Å². The molecule has 2 aliphatic heterocycles. The molecule has 0 amide bonds. The van der Waals surface area contributed by atoms with Crippen LogP contribution in [-0.2, 0) is 13.1 Å². The van der Waals surface area contributed by atoms with E-state index in [1.807, 2.05) is 30.5 Å². The fraction of sp³-hybridized carbons (Fsp3) is 0.103. The zero-order chi connectivity index (χ0) is 25.1. The van der Waals surface area contributed by atoms with Crippen LogP contribution < -0.4 is 9.80 Å². The molecule has 37 heavy (non-hydrogen) atoms. The molecule has 0 atom stereocenters. The minimum absolute atomic E-state index is 0.115. The van der Waals surface area contributed by atoms with E-state index in [9.17, 15) is 5.11 Å². The highest BCUT2D eigenvalue weighted by Crippen LogP contribution is 2.39. The van der Waals surface area contributed by atoms with E-state index >= 15 is 0 Å². The number of aromatic amines is 1. The number of aromatic nitrogens is 2. The summed E-state index contributed by atoms with van der Waals surface area (Å²) in [5.74, 6) is 0.702. The number of hydrogen-bond acceptors (Lipinski definition) is 5.